The first-order valence-electron chi connectivity index (χ1n) is 18.5. The minimum atomic E-state index is 0.778. The van der Waals surface area contributed by atoms with Crippen molar-refractivity contribution in [2.45, 2.75) is 0 Å². The summed E-state index contributed by atoms with van der Waals surface area (Å²) >= 11 is 0. The number of hydrogen-bond donors (Lipinski definition) is 0. The Labute approximate surface area is 326 Å². The number of hydrogen-bond acceptors (Lipinski definition) is 6. The van der Waals surface area contributed by atoms with Crippen LogP contribution in [0.25, 0.3) is 45.8 Å². The van der Waals surface area contributed by atoms with Crippen LogP contribution in [0.2, 0.25) is 0 Å². The molecule has 56 heavy (non-hydrogen) atoms. The molecule has 6 nitrogen and oxygen atoms in total. The lowest BCUT2D eigenvalue weighted by Gasteiger charge is -2.25. The van der Waals surface area contributed by atoms with E-state index in [4.69, 9.17) is 19.9 Å². The van der Waals surface area contributed by atoms with Crippen molar-refractivity contribution < 1.29 is 0 Å². The number of fused-ring (bicyclic) bond motifs is 2. The van der Waals surface area contributed by atoms with Crippen LogP contribution in [0.5, 0.6) is 0 Å². The molecule has 0 unspecified atom stereocenters. The molecule has 0 aliphatic carbocycles. The van der Waals surface area contributed by atoms with Crippen LogP contribution < -0.4 is 9.80 Å². The fourth-order valence-electron chi connectivity index (χ4n) is 7.10. The van der Waals surface area contributed by atoms with Gasteiger partial charge in [-0.15, -0.1) is 0 Å². The van der Waals surface area contributed by atoms with Crippen LogP contribution in [-0.2, 0) is 0 Å². The van der Waals surface area contributed by atoms with E-state index in [-0.39, 0.29) is 0 Å². The molecule has 0 bridgehead atoms. The normalized spacial score (nSPS) is 11.4. The Morgan fingerprint density at radius 3 is 0.982 bits per heavy atom. The van der Waals surface area contributed by atoms with E-state index in [9.17, 15) is 0 Å². The Balaban J connectivity index is 1.35. The van der Waals surface area contributed by atoms with Gasteiger partial charge in [-0.2, -0.15) is 0 Å². The molecule has 0 aliphatic rings. The summed E-state index contributed by atoms with van der Waals surface area (Å²) in [6.45, 7) is 0. The van der Waals surface area contributed by atoms with Gasteiger partial charge >= 0.3 is 0 Å². The molecule has 4 heterocycles. The van der Waals surface area contributed by atoms with Gasteiger partial charge in [0.25, 0.3) is 0 Å². The van der Waals surface area contributed by atoms with Gasteiger partial charge in [0.1, 0.15) is 23.3 Å². The zero-order chi connectivity index (χ0) is 37.5. The average Bonchev–Trinajstić information content (AvgIpc) is 3.27. The van der Waals surface area contributed by atoms with E-state index in [1.165, 1.54) is 0 Å². The van der Waals surface area contributed by atoms with E-state index >= 15 is 0 Å². The fourth-order valence-corrected chi connectivity index (χ4v) is 7.10. The molecular formula is C50H36N6. The van der Waals surface area contributed by atoms with Crippen molar-refractivity contribution in [3.8, 4) is 0 Å². The summed E-state index contributed by atoms with van der Waals surface area (Å²) in [4.78, 5) is 23.3. The molecule has 4 aromatic heterocycles. The van der Waals surface area contributed by atoms with E-state index in [1.54, 1.807) is 0 Å². The summed E-state index contributed by atoms with van der Waals surface area (Å²) < 4.78 is 0. The third kappa shape index (κ3) is 7.02. The van der Waals surface area contributed by atoms with Crippen molar-refractivity contribution in [3.05, 3.63) is 217 Å². The third-order valence-electron chi connectivity index (χ3n) is 9.68. The zero-order valence-corrected chi connectivity index (χ0v) is 30.5. The van der Waals surface area contributed by atoms with Crippen LogP contribution in [0.4, 0.5) is 34.6 Å². The van der Waals surface area contributed by atoms with Gasteiger partial charge in [0.05, 0.1) is 0 Å². The molecule has 0 saturated carbocycles. The number of anilines is 6. The number of pyridine rings is 4. The first-order valence-corrected chi connectivity index (χ1v) is 18.5. The Kier molecular flexibility index (Phi) is 9.57. The highest BCUT2D eigenvalue weighted by molar-refractivity contribution is 6.16. The van der Waals surface area contributed by atoms with E-state index in [1.807, 2.05) is 110 Å². The number of nitrogens with zero attached hydrogens (tertiary/aromatic N) is 6. The van der Waals surface area contributed by atoms with Crippen molar-refractivity contribution in [2.75, 3.05) is 9.80 Å². The van der Waals surface area contributed by atoms with Crippen LogP contribution in [0.15, 0.2) is 195 Å². The maximum Gasteiger partial charge on any atom is 0.138 e. The van der Waals surface area contributed by atoms with Gasteiger partial charge in [-0.05, 0) is 117 Å². The topological polar surface area (TPSA) is 58.0 Å². The van der Waals surface area contributed by atoms with Crippen molar-refractivity contribution >= 4 is 80.5 Å². The van der Waals surface area contributed by atoms with E-state index in [0.717, 1.165) is 78.4 Å². The monoisotopic (exact) mass is 720 g/mol. The highest BCUT2D eigenvalue weighted by atomic mass is 15.2. The van der Waals surface area contributed by atoms with Gasteiger partial charge in [0.2, 0.25) is 0 Å². The molecule has 0 atom stereocenters. The molecule has 0 radical (unpaired) electrons. The highest BCUT2D eigenvalue weighted by Gasteiger charge is 2.20. The van der Waals surface area contributed by atoms with Gasteiger partial charge in [-0.1, -0.05) is 121 Å². The maximum atomic E-state index is 4.77. The maximum absolute atomic E-state index is 4.77. The lowest BCUT2D eigenvalue weighted by molar-refractivity contribution is 1.13. The summed E-state index contributed by atoms with van der Waals surface area (Å²) in [6, 6.07) is 58.0. The van der Waals surface area contributed by atoms with Gasteiger partial charge in [0, 0.05) is 36.2 Å². The average molecular weight is 721 g/mol. The zero-order valence-electron chi connectivity index (χ0n) is 30.5. The highest BCUT2D eigenvalue weighted by Crippen LogP contribution is 2.42. The number of aromatic nitrogens is 4. The van der Waals surface area contributed by atoms with E-state index in [0.29, 0.717) is 0 Å². The Morgan fingerprint density at radius 2 is 0.643 bits per heavy atom. The van der Waals surface area contributed by atoms with Crippen LogP contribution in [0, 0.1) is 0 Å². The van der Waals surface area contributed by atoms with E-state index < -0.39 is 0 Å². The summed E-state index contributed by atoms with van der Waals surface area (Å²) in [5.41, 5.74) is 6.34. The minimum Gasteiger partial charge on any atom is -0.279 e. The molecular weight excluding hydrogens is 685 g/mol. The molecule has 9 aromatic rings. The Bertz CT molecular complexity index is 2550. The Hall–Kier alpha value is -7.70. The van der Waals surface area contributed by atoms with Crippen molar-refractivity contribution in [1.82, 2.24) is 19.9 Å². The second-order valence-electron chi connectivity index (χ2n) is 13.2. The lowest BCUT2D eigenvalue weighted by atomic mass is 9.89. The lowest BCUT2D eigenvalue weighted by Crippen LogP contribution is -2.13. The summed E-state index contributed by atoms with van der Waals surface area (Å²) in [6.07, 6.45) is 16.1. The Morgan fingerprint density at radius 1 is 0.304 bits per heavy atom. The fraction of sp³-hybridized carbons (Fsp3) is 0. The summed E-state index contributed by atoms with van der Waals surface area (Å²) in [5, 5.41) is 4.43. The predicted octanol–water partition coefficient (Wildman–Crippen LogP) is 12.9. The largest absolute Gasteiger partial charge is 0.279 e. The second-order valence-corrected chi connectivity index (χ2v) is 13.2. The van der Waals surface area contributed by atoms with E-state index in [2.05, 4.69) is 119 Å². The molecule has 5 aromatic carbocycles. The summed E-state index contributed by atoms with van der Waals surface area (Å²) in [7, 11) is 0. The second kappa shape index (κ2) is 15.7. The predicted molar refractivity (Wildman–Crippen MR) is 233 cm³/mol. The molecule has 0 amide bonds. The molecule has 0 spiro atoms. The van der Waals surface area contributed by atoms with Gasteiger partial charge < -0.3 is 0 Å². The van der Waals surface area contributed by atoms with Crippen LogP contribution in [0.1, 0.15) is 22.3 Å². The van der Waals surface area contributed by atoms with Crippen molar-refractivity contribution in [3.63, 3.8) is 0 Å². The molecule has 266 valence electrons. The third-order valence-corrected chi connectivity index (χ3v) is 9.68. The molecule has 0 saturated heterocycles. The number of benzene rings is 5. The van der Waals surface area contributed by atoms with Crippen LogP contribution in [0.3, 0.4) is 0 Å². The molecule has 6 heteroatoms. The minimum absolute atomic E-state index is 0.778. The van der Waals surface area contributed by atoms with Crippen LogP contribution in [-0.4, -0.2) is 19.9 Å². The first kappa shape index (κ1) is 34.1. The van der Waals surface area contributed by atoms with Gasteiger partial charge in [-0.25, -0.2) is 19.9 Å². The van der Waals surface area contributed by atoms with Gasteiger partial charge in [0.15, 0.2) is 0 Å². The van der Waals surface area contributed by atoms with Crippen molar-refractivity contribution in [1.29, 1.82) is 0 Å². The standard InChI is InChI=1S/C50H36N6/c1-3-15-37(16-4-1)23-27-41-42-29-25-39(55(47-19-7-11-31-51-47)48-20-8-12-32-52-48)35-45(42)44(28-24-38-17-5-2-6-18-38)46-36-40(26-30-43(41)46)56(49-21-9-13-33-53-49)50-22-10-14-34-54-50/h1-36H/b27-23+,28-24+. The van der Waals surface area contributed by atoms with Crippen LogP contribution >= 0.6 is 0 Å². The molecule has 0 fully saturated rings. The van der Waals surface area contributed by atoms with Gasteiger partial charge in [-0.3, -0.25) is 9.80 Å². The van der Waals surface area contributed by atoms with Crippen molar-refractivity contribution in [2.24, 2.45) is 0 Å². The quantitative estimate of drug-likeness (QED) is 0.104. The first-order chi connectivity index (χ1) is 27.8. The smallest absolute Gasteiger partial charge is 0.138 e. The molecule has 0 N–H and O–H groups in total. The summed E-state index contributed by atoms with van der Waals surface area (Å²) in [5.74, 6) is 3.11. The SMILES string of the molecule is C(=C\c1c2ccc(N(c3ccccn3)c3ccccn3)cc2c(/C=C/c2ccccc2)c2cc(N(c3ccccn3)c3ccccn3)ccc12)/c1ccccc1. The molecule has 0 aliphatic heterocycles. The molecule has 9 rings (SSSR count). The number of rotatable bonds is 10.